The van der Waals surface area contributed by atoms with E-state index in [-0.39, 0.29) is 0 Å². The molecular weight excluding hydrogens is 240 g/mol. The second kappa shape index (κ2) is 6.77. The molecule has 0 radical (unpaired) electrons. The predicted molar refractivity (Wildman–Crippen MR) is 78.0 cm³/mol. The number of thioether (sulfide) groups is 1. The van der Waals surface area contributed by atoms with E-state index in [0.29, 0.717) is 0 Å². The van der Waals surface area contributed by atoms with Gasteiger partial charge < -0.3 is 0 Å². The Kier molecular flexibility index (Phi) is 4.73. The van der Waals surface area contributed by atoms with Crippen molar-refractivity contribution in [1.82, 2.24) is 0 Å². The van der Waals surface area contributed by atoms with Crippen molar-refractivity contribution in [2.24, 2.45) is 10.2 Å². The zero-order chi connectivity index (χ0) is 12.6. The van der Waals surface area contributed by atoms with Gasteiger partial charge in [-0.15, -0.1) is 18.3 Å². The second-order valence-electron chi connectivity index (χ2n) is 3.63. The summed E-state index contributed by atoms with van der Waals surface area (Å²) in [5.74, 6) is 0.922. The first-order valence-electron chi connectivity index (χ1n) is 5.69. The van der Waals surface area contributed by atoms with Crippen LogP contribution in [0.5, 0.6) is 0 Å². The summed E-state index contributed by atoms with van der Waals surface area (Å²) in [7, 11) is 0. The van der Waals surface area contributed by atoms with Crippen LogP contribution in [0.1, 0.15) is 0 Å². The quantitative estimate of drug-likeness (QED) is 0.399. The van der Waals surface area contributed by atoms with E-state index in [9.17, 15) is 0 Å². The first kappa shape index (κ1) is 12.6. The number of nitrogens with zero attached hydrogens (tertiary/aromatic N) is 2. The lowest BCUT2D eigenvalue weighted by molar-refractivity contribution is 1.22. The van der Waals surface area contributed by atoms with Crippen molar-refractivity contribution in [2.75, 3.05) is 5.75 Å². The van der Waals surface area contributed by atoms with Crippen molar-refractivity contribution in [1.29, 1.82) is 0 Å². The van der Waals surface area contributed by atoms with E-state index in [2.05, 4.69) is 16.8 Å². The summed E-state index contributed by atoms with van der Waals surface area (Å²) < 4.78 is 0. The summed E-state index contributed by atoms with van der Waals surface area (Å²) in [5.41, 5.74) is 1.73. The summed E-state index contributed by atoms with van der Waals surface area (Å²) in [6.07, 6.45) is 1.90. The molecule has 0 unspecified atom stereocenters. The molecule has 0 aliphatic rings. The van der Waals surface area contributed by atoms with Gasteiger partial charge in [-0.25, -0.2) is 0 Å². The minimum absolute atomic E-state index is 0.863. The lowest BCUT2D eigenvalue weighted by atomic mass is 10.3. The van der Waals surface area contributed by atoms with Crippen molar-refractivity contribution in [3.8, 4) is 0 Å². The normalized spacial score (nSPS) is 10.7. The fourth-order valence-electron chi connectivity index (χ4n) is 1.37. The first-order valence-corrected chi connectivity index (χ1v) is 6.67. The topological polar surface area (TPSA) is 24.7 Å². The minimum Gasteiger partial charge on any atom is -0.151 e. The highest BCUT2D eigenvalue weighted by Crippen LogP contribution is 2.23. The van der Waals surface area contributed by atoms with Gasteiger partial charge in [-0.05, 0) is 36.4 Å². The van der Waals surface area contributed by atoms with E-state index >= 15 is 0 Å². The molecule has 0 spiro atoms. The van der Waals surface area contributed by atoms with Crippen LogP contribution in [-0.2, 0) is 0 Å². The highest BCUT2D eigenvalue weighted by atomic mass is 32.2. The van der Waals surface area contributed by atoms with Gasteiger partial charge in [0.25, 0.3) is 0 Å². The Labute approximate surface area is 111 Å². The third kappa shape index (κ3) is 3.86. The molecule has 3 heteroatoms. The van der Waals surface area contributed by atoms with Crippen molar-refractivity contribution in [3.05, 3.63) is 67.3 Å². The van der Waals surface area contributed by atoms with Crippen LogP contribution in [-0.4, -0.2) is 5.75 Å². The molecule has 2 aromatic rings. The Morgan fingerprint density at radius 1 is 0.889 bits per heavy atom. The number of rotatable bonds is 5. The van der Waals surface area contributed by atoms with Crippen molar-refractivity contribution in [3.63, 3.8) is 0 Å². The molecule has 0 aliphatic carbocycles. The van der Waals surface area contributed by atoms with E-state index in [0.717, 1.165) is 17.1 Å². The fraction of sp³-hybridized carbons (Fsp3) is 0.0667. The Morgan fingerprint density at radius 2 is 1.50 bits per heavy atom. The highest BCUT2D eigenvalue weighted by molar-refractivity contribution is 7.99. The third-order valence-corrected chi connectivity index (χ3v) is 3.25. The van der Waals surface area contributed by atoms with Crippen LogP contribution >= 0.6 is 11.8 Å². The molecular formula is C15H14N2S. The summed E-state index contributed by atoms with van der Waals surface area (Å²) in [6.45, 7) is 3.70. The molecule has 0 amide bonds. The second-order valence-corrected chi connectivity index (χ2v) is 4.72. The number of benzene rings is 2. The van der Waals surface area contributed by atoms with E-state index in [1.807, 2.05) is 60.7 Å². The molecule has 90 valence electrons. The Morgan fingerprint density at radius 3 is 2.11 bits per heavy atom. The molecule has 0 aliphatic heterocycles. The van der Waals surface area contributed by atoms with Gasteiger partial charge in [-0.1, -0.05) is 24.3 Å². The standard InChI is InChI=1S/C15H14N2S/c1-2-12-18-15-10-8-14(9-11-15)17-16-13-6-4-3-5-7-13/h2-11H,1,12H2. The lowest BCUT2D eigenvalue weighted by Crippen LogP contribution is -1.72. The van der Waals surface area contributed by atoms with Crippen LogP contribution < -0.4 is 0 Å². The molecule has 0 bridgehead atoms. The lowest BCUT2D eigenvalue weighted by Gasteiger charge is -1.98. The average Bonchev–Trinajstić information content (AvgIpc) is 2.45. The monoisotopic (exact) mass is 254 g/mol. The maximum atomic E-state index is 4.19. The predicted octanol–water partition coefficient (Wildman–Crippen LogP) is 5.38. The Balaban J connectivity index is 2.02. The molecule has 0 saturated carbocycles. The summed E-state index contributed by atoms with van der Waals surface area (Å²) in [4.78, 5) is 1.22. The highest BCUT2D eigenvalue weighted by Gasteiger charge is 1.93. The molecule has 2 nitrogen and oxygen atoms in total. The van der Waals surface area contributed by atoms with Gasteiger partial charge in [0, 0.05) is 10.6 Å². The van der Waals surface area contributed by atoms with E-state index < -0.39 is 0 Å². The molecule has 0 heterocycles. The zero-order valence-corrected chi connectivity index (χ0v) is 10.8. The van der Waals surface area contributed by atoms with Gasteiger partial charge in [0.1, 0.15) is 0 Å². The van der Waals surface area contributed by atoms with Gasteiger partial charge >= 0.3 is 0 Å². The van der Waals surface area contributed by atoms with Crippen LogP contribution in [0.15, 0.2) is 82.4 Å². The van der Waals surface area contributed by atoms with Gasteiger partial charge in [0.2, 0.25) is 0 Å². The SMILES string of the molecule is C=CCSc1ccc(N=Nc2ccccc2)cc1. The van der Waals surface area contributed by atoms with Gasteiger partial charge in [0.15, 0.2) is 0 Å². The number of hydrogen-bond acceptors (Lipinski definition) is 3. The molecule has 18 heavy (non-hydrogen) atoms. The van der Waals surface area contributed by atoms with Crippen molar-refractivity contribution < 1.29 is 0 Å². The fourth-order valence-corrected chi connectivity index (χ4v) is 2.01. The number of hydrogen-bond donors (Lipinski definition) is 0. The maximum absolute atomic E-state index is 4.19. The molecule has 0 fully saturated rings. The summed E-state index contributed by atoms with van der Waals surface area (Å²) >= 11 is 1.75. The van der Waals surface area contributed by atoms with Gasteiger partial charge in [-0.3, -0.25) is 0 Å². The van der Waals surface area contributed by atoms with Crippen LogP contribution in [0, 0.1) is 0 Å². The van der Waals surface area contributed by atoms with E-state index in [4.69, 9.17) is 0 Å². The molecule has 2 rings (SSSR count). The molecule has 0 aromatic heterocycles. The zero-order valence-electron chi connectivity index (χ0n) is 9.99. The molecule has 0 atom stereocenters. The Bertz CT molecular complexity index is 518. The summed E-state index contributed by atoms with van der Waals surface area (Å²) in [5, 5.41) is 8.36. The van der Waals surface area contributed by atoms with Crippen LogP contribution in [0.25, 0.3) is 0 Å². The van der Waals surface area contributed by atoms with E-state index in [1.54, 1.807) is 11.8 Å². The van der Waals surface area contributed by atoms with Crippen LogP contribution in [0.3, 0.4) is 0 Å². The number of azo groups is 1. The van der Waals surface area contributed by atoms with Crippen molar-refractivity contribution in [2.45, 2.75) is 4.90 Å². The Hall–Kier alpha value is -1.87. The average molecular weight is 254 g/mol. The van der Waals surface area contributed by atoms with Gasteiger partial charge in [-0.2, -0.15) is 10.2 Å². The van der Waals surface area contributed by atoms with Crippen LogP contribution in [0.4, 0.5) is 11.4 Å². The van der Waals surface area contributed by atoms with Crippen LogP contribution in [0.2, 0.25) is 0 Å². The van der Waals surface area contributed by atoms with E-state index in [1.165, 1.54) is 4.90 Å². The largest absolute Gasteiger partial charge is 0.151 e. The smallest absolute Gasteiger partial charge is 0.0857 e. The molecule has 0 N–H and O–H groups in total. The molecule has 0 saturated heterocycles. The maximum Gasteiger partial charge on any atom is 0.0857 e. The first-order chi connectivity index (χ1) is 8.88. The van der Waals surface area contributed by atoms with Gasteiger partial charge in [0.05, 0.1) is 11.4 Å². The minimum atomic E-state index is 0.863. The third-order valence-electron chi connectivity index (χ3n) is 2.24. The molecule has 2 aromatic carbocycles. The summed E-state index contributed by atoms with van der Waals surface area (Å²) in [6, 6.07) is 17.8. The van der Waals surface area contributed by atoms with Crippen molar-refractivity contribution >= 4 is 23.1 Å².